The molecule has 7 heteroatoms. The molecular formula is C20H27BN2O4. The first-order valence-electron chi connectivity index (χ1n) is 8.91. The Morgan fingerprint density at radius 1 is 1.11 bits per heavy atom. The highest BCUT2D eigenvalue weighted by atomic mass is 16.4. The van der Waals surface area contributed by atoms with E-state index in [2.05, 4.69) is 10.2 Å². The molecule has 0 heterocycles. The third-order valence-electron chi connectivity index (χ3n) is 4.35. The number of aryl methyl sites for hydroxylation is 1. The SMILES string of the molecule is Cc1cccc(C[C@H](NC(=O)Cc2ccc(CN(C)C)cc2)B(O)O)c1O. The van der Waals surface area contributed by atoms with E-state index in [4.69, 9.17) is 0 Å². The highest BCUT2D eigenvalue weighted by molar-refractivity contribution is 6.43. The second kappa shape index (κ2) is 9.55. The summed E-state index contributed by atoms with van der Waals surface area (Å²) in [5, 5.41) is 32.0. The zero-order chi connectivity index (χ0) is 20.0. The normalized spacial score (nSPS) is 12.1. The van der Waals surface area contributed by atoms with Crippen molar-refractivity contribution in [3.63, 3.8) is 0 Å². The number of rotatable bonds is 8. The van der Waals surface area contributed by atoms with Crippen LogP contribution in [-0.4, -0.2) is 53.1 Å². The number of aromatic hydroxyl groups is 1. The van der Waals surface area contributed by atoms with Crippen LogP contribution in [0.2, 0.25) is 0 Å². The van der Waals surface area contributed by atoms with Crippen molar-refractivity contribution in [2.75, 3.05) is 14.1 Å². The average molecular weight is 370 g/mol. The van der Waals surface area contributed by atoms with Crippen LogP contribution in [0, 0.1) is 6.92 Å². The largest absolute Gasteiger partial charge is 0.507 e. The number of hydrogen-bond donors (Lipinski definition) is 4. The van der Waals surface area contributed by atoms with Crippen molar-refractivity contribution >= 4 is 13.0 Å². The van der Waals surface area contributed by atoms with E-state index >= 15 is 0 Å². The molecule has 0 bridgehead atoms. The van der Waals surface area contributed by atoms with Crippen LogP contribution < -0.4 is 5.32 Å². The molecule has 0 radical (unpaired) electrons. The minimum Gasteiger partial charge on any atom is -0.507 e. The van der Waals surface area contributed by atoms with Crippen molar-refractivity contribution in [2.45, 2.75) is 32.3 Å². The Kier molecular flexibility index (Phi) is 7.41. The molecule has 0 unspecified atom stereocenters. The van der Waals surface area contributed by atoms with Crippen molar-refractivity contribution in [3.8, 4) is 5.75 Å². The summed E-state index contributed by atoms with van der Waals surface area (Å²) in [5.74, 6) is -1.10. The van der Waals surface area contributed by atoms with Crippen LogP contribution in [0.25, 0.3) is 0 Å². The first kappa shape index (κ1) is 21.0. The van der Waals surface area contributed by atoms with Gasteiger partial charge in [0.15, 0.2) is 0 Å². The number of nitrogens with one attached hydrogen (secondary N) is 1. The number of amides is 1. The van der Waals surface area contributed by atoms with Crippen LogP contribution in [0.1, 0.15) is 22.3 Å². The Morgan fingerprint density at radius 2 is 1.74 bits per heavy atom. The molecule has 0 aromatic heterocycles. The summed E-state index contributed by atoms with van der Waals surface area (Å²) in [5.41, 5.74) is 3.26. The maximum atomic E-state index is 12.3. The number of para-hydroxylation sites is 1. The fourth-order valence-corrected chi connectivity index (χ4v) is 2.92. The Morgan fingerprint density at radius 3 is 2.33 bits per heavy atom. The van der Waals surface area contributed by atoms with E-state index < -0.39 is 13.1 Å². The lowest BCUT2D eigenvalue weighted by atomic mass is 9.75. The number of nitrogens with zero attached hydrogens (tertiary/aromatic N) is 1. The Balaban J connectivity index is 1.99. The van der Waals surface area contributed by atoms with E-state index in [0.29, 0.717) is 11.1 Å². The summed E-state index contributed by atoms with van der Waals surface area (Å²) in [6, 6.07) is 13.0. The van der Waals surface area contributed by atoms with E-state index in [1.165, 1.54) is 0 Å². The van der Waals surface area contributed by atoms with Crippen LogP contribution in [0.15, 0.2) is 42.5 Å². The van der Waals surface area contributed by atoms with Gasteiger partial charge in [0.2, 0.25) is 5.91 Å². The summed E-state index contributed by atoms with van der Waals surface area (Å²) in [6.07, 6.45) is 0.268. The Labute approximate surface area is 160 Å². The van der Waals surface area contributed by atoms with Gasteiger partial charge < -0.3 is 25.4 Å². The maximum absolute atomic E-state index is 12.3. The quantitative estimate of drug-likeness (QED) is 0.521. The molecule has 0 saturated heterocycles. The van der Waals surface area contributed by atoms with Crippen molar-refractivity contribution in [1.82, 2.24) is 10.2 Å². The minimum absolute atomic E-state index is 0.105. The van der Waals surface area contributed by atoms with Crippen LogP contribution in [0.5, 0.6) is 5.75 Å². The molecule has 4 N–H and O–H groups in total. The first-order valence-corrected chi connectivity index (χ1v) is 8.91. The molecular weight excluding hydrogens is 343 g/mol. The molecule has 2 rings (SSSR count). The Hall–Kier alpha value is -2.35. The minimum atomic E-state index is -1.73. The van der Waals surface area contributed by atoms with Gasteiger partial charge in [-0.1, -0.05) is 42.5 Å². The number of carbonyl (C=O) groups excluding carboxylic acids is 1. The van der Waals surface area contributed by atoms with E-state index in [0.717, 1.165) is 17.7 Å². The fraction of sp³-hybridized carbons (Fsp3) is 0.350. The molecule has 2 aromatic carbocycles. The topological polar surface area (TPSA) is 93.0 Å². The standard InChI is InChI=1S/C20H27BN2O4/c1-14-5-4-6-17(20(14)25)12-18(21(26)27)22-19(24)11-15-7-9-16(10-8-15)13-23(2)3/h4-10,18,25-27H,11-13H2,1-3H3,(H,22,24)/t18-/m0/s1. The first-order chi connectivity index (χ1) is 12.8. The molecule has 0 aliphatic rings. The zero-order valence-corrected chi connectivity index (χ0v) is 16.0. The molecule has 1 atom stereocenters. The third kappa shape index (κ3) is 6.39. The lowest BCUT2D eigenvalue weighted by molar-refractivity contribution is -0.120. The summed E-state index contributed by atoms with van der Waals surface area (Å²) in [7, 11) is 2.26. The fourth-order valence-electron chi connectivity index (χ4n) is 2.92. The van der Waals surface area contributed by atoms with Crippen molar-refractivity contribution in [1.29, 1.82) is 0 Å². The molecule has 0 spiro atoms. The molecule has 0 saturated carbocycles. The van der Waals surface area contributed by atoms with E-state index in [1.807, 2.05) is 38.4 Å². The maximum Gasteiger partial charge on any atom is 0.475 e. The van der Waals surface area contributed by atoms with Gasteiger partial charge in [-0.3, -0.25) is 4.79 Å². The number of carbonyl (C=O) groups is 1. The summed E-state index contributed by atoms with van der Waals surface area (Å²) < 4.78 is 0. The van der Waals surface area contributed by atoms with E-state index in [1.54, 1.807) is 25.1 Å². The predicted octanol–water partition coefficient (Wildman–Crippen LogP) is 1.04. The van der Waals surface area contributed by atoms with Crippen molar-refractivity contribution in [2.24, 2.45) is 0 Å². The number of benzene rings is 2. The van der Waals surface area contributed by atoms with Gasteiger partial charge in [0.05, 0.1) is 12.4 Å². The van der Waals surface area contributed by atoms with Crippen LogP contribution in [0.4, 0.5) is 0 Å². The van der Waals surface area contributed by atoms with Crippen LogP contribution in [0.3, 0.4) is 0 Å². The van der Waals surface area contributed by atoms with Crippen LogP contribution in [-0.2, 0) is 24.2 Å². The predicted molar refractivity (Wildman–Crippen MR) is 106 cm³/mol. The molecule has 27 heavy (non-hydrogen) atoms. The van der Waals surface area contributed by atoms with Gasteiger partial charge in [0.25, 0.3) is 0 Å². The van der Waals surface area contributed by atoms with Crippen molar-refractivity contribution < 1.29 is 19.9 Å². The van der Waals surface area contributed by atoms with Crippen LogP contribution >= 0.6 is 0 Å². The molecule has 0 fully saturated rings. The highest BCUT2D eigenvalue weighted by Gasteiger charge is 2.26. The van der Waals surface area contributed by atoms with Gasteiger partial charge in [0, 0.05) is 6.54 Å². The van der Waals surface area contributed by atoms with Gasteiger partial charge >= 0.3 is 7.12 Å². The molecule has 2 aromatic rings. The average Bonchev–Trinajstić information content (AvgIpc) is 2.59. The second-order valence-electron chi connectivity index (χ2n) is 7.11. The second-order valence-corrected chi connectivity index (χ2v) is 7.11. The lowest BCUT2D eigenvalue weighted by Gasteiger charge is -2.19. The molecule has 0 aliphatic carbocycles. The third-order valence-corrected chi connectivity index (χ3v) is 4.35. The number of hydrogen-bond acceptors (Lipinski definition) is 5. The highest BCUT2D eigenvalue weighted by Crippen LogP contribution is 2.22. The molecule has 0 aliphatic heterocycles. The number of phenolic OH excluding ortho intramolecular Hbond substituents is 1. The lowest BCUT2D eigenvalue weighted by Crippen LogP contribution is -2.48. The summed E-state index contributed by atoms with van der Waals surface area (Å²) >= 11 is 0. The van der Waals surface area contributed by atoms with Gasteiger partial charge in [-0.15, -0.1) is 0 Å². The Bertz CT molecular complexity index is 763. The van der Waals surface area contributed by atoms with E-state index in [9.17, 15) is 19.9 Å². The van der Waals surface area contributed by atoms with Gasteiger partial charge in [-0.25, -0.2) is 0 Å². The van der Waals surface area contributed by atoms with E-state index in [-0.39, 0.29) is 24.5 Å². The molecule has 144 valence electrons. The monoisotopic (exact) mass is 370 g/mol. The summed E-state index contributed by atoms with van der Waals surface area (Å²) in [6.45, 7) is 2.59. The van der Waals surface area contributed by atoms with Gasteiger partial charge in [-0.05, 0) is 49.7 Å². The smallest absolute Gasteiger partial charge is 0.475 e. The number of phenols is 1. The zero-order valence-electron chi connectivity index (χ0n) is 16.0. The van der Waals surface area contributed by atoms with Gasteiger partial charge in [-0.2, -0.15) is 0 Å². The summed E-state index contributed by atoms with van der Waals surface area (Å²) in [4.78, 5) is 14.4. The molecule has 6 nitrogen and oxygen atoms in total. The van der Waals surface area contributed by atoms with Crippen molar-refractivity contribution in [3.05, 3.63) is 64.7 Å². The van der Waals surface area contributed by atoms with Gasteiger partial charge in [0.1, 0.15) is 5.75 Å². The molecule has 1 amide bonds.